The number of benzene rings is 1. The predicted molar refractivity (Wildman–Crippen MR) is 221 cm³/mol. The highest BCUT2D eigenvalue weighted by molar-refractivity contribution is 7.91. The third-order valence-electron chi connectivity index (χ3n) is 11.8. The van der Waals surface area contributed by atoms with E-state index < -0.39 is 74.1 Å². The van der Waals surface area contributed by atoms with Crippen LogP contribution in [0.15, 0.2) is 59.4 Å². The number of carbonyl (C=O) groups excluding carboxylic acids is 3. The monoisotopic (exact) mass is 848 g/mol. The van der Waals surface area contributed by atoms with Gasteiger partial charge in [0.15, 0.2) is 0 Å². The Morgan fingerprint density at radius 2 is 1.78 bits per heavy atom. The summed E-state index contributed by atoms with van der Waals surface area (Å²) in [6, 6.07) is 8.66. The fraction of sp³-hybridized carbons (Fsp3) is 0.524. The number of thiazole rings is 1. The van der Waals surface area contributed by atoms with E-state index in [1.165, 1.54) is 16.2 Å². The average molecular weight is 849 g/mol. The third-order valence-corrected chi connectivity index (χ3v) is 14.6. The van der Waals surface area contributed by atoms with Crippen molar-refractivity contribution < 1.29 is 42.2 Å². The van der Waals surface area contributed by atoms with E-state index in [1.54, 1.807) is 24.6 Å². The summed E-state index contributed by atoms with van der Waals surface area (Å²) in [5, 5.41) is 17.0. The molecule has 7 rings (SSSR count). The molecule has 4 heterocycles. The normalized spacial score (nSPS) is 28.5. The van der Waals surface area contributed by atoms with Crippen LogP contribution in [0.4, 0.5) is 4.79 Å². The molecular formula is C42H52N6O9S2. The van der Waals surface area contributed by atoms with Gasteiger partial charge in [0.05, 0.1) is 40.0 Å². The summed E-state index contributed by atoms with van der Waals surface area (Å²) in [5.41, 5.74) is 2.70. The van der Waals surface area contributed by atoms with E-state index >= 15 is 0 Å². The Kier molecular flexibility index (Phi) is 11.8. The van der Waals surface area contributed by atoms with Gasteiger partial charge < -0.3 is 30.1 Å². The number of hydrogen-bond acceptors (Lipinski definition) is 11. The van der Waals surface area contributed by atoms with Gasteiger partial charge in [-0.15, -0.1) is 11.3 Å². The largest absolute Gasteiger partial charge is 0.491 e. The molecule has 2 aliphatic carbocycles. The molecule has 3 aromatic rings. The molecule has 4 aliphatic rings. The smallest absolute Gasteiger partial charge is 0.405 e. The van der Waals surface area contributed by atoms with E-state index in [4.69, 9.17) is 14.5 Å². The Morgan fingerprint density at radius 1 is 1.05 bits per heavy atom. The van der Waals surface area contributed by atoms with Crippen LogP contribution in [0.5, 0.6) is 11.5 Å². The second kappa shape index (κ2) is 16.6. The van der Waals surface area contributed by atoms with Gasteiger partial charge in [0, 0.05) is 35.4 Å². The SMILES string of the molecule is CC(C)Oc1ccc(-c2cc(O[C@@H]3C[C@H]4C(=O)N[C@]5(C(=O)NS(=O)(=O)C6(C)CC6)C[C@H]5/C=C\CC[C@@H](C)C[C@@H](C)[C@H](NC(=O)O)C(=O)N4C3)cc(-c3cscn3)n2)cc1. The van der Waals surface area contributed by atoms with Crippen molar-refractivity contribution >= 4 is 45.2 Å². The van der Waals surface area contributed by atoms with Crippen molar-refractivity contribution in [2.45, 2.75) is 114 Å². The standard InChI is InChI=1S/C42H52N6O9S2/c1-24(2)56-29-12-10-27(11-13-29)32-17-30(18-33(44-32)34-22-58-23-43-34)57-31-19-35-37(49)46-42(39(51)47-59(54,55)41(5)14-15-41)20-28(42)9-7-6-8-25(3)16-26(4)36(45-40(52)53)38(50)48(35)21-31/h7,9-13,17-18,22-26,28,31,35-36,45H,6,8,14-16,19-21H2,1-5H3,(H,46,49)(H,47,51)(H,52,53)/b9-7-/t25-,26-,28-,31-,35+,36+,42-/m1/s1. The number of allylic oxidation sites excluding steroid dienone is 1. The molecule has 0 bridgehead atoms. The molecule has 316 valence electrons. The number of amides is 4. The Labute approximate surface area is 348 Å². The lowest BCUT2D eigenvalue weighted by Gasteiger charge is -2.32. The summed E-state index contributed by atoms with van der Waals surface area (Å²) in [7, 11) is -4.02. The van der Waals surface area contributed by atoms with Gasteiger partial charge in [0.2, 0.25) is 21.8 Å². The number of carbonyl (C=O) groups is 4. The molecule has 1 saturated heterocycles. The van der Waals surface area contributed by atoms with Gasteiger partial charge in [0.1, 0.15) is 35.2 Å². The van der Waals surface area contributed by atoms with Crippen molar-refractivity contribution in [1.29, 1.82) is 0 Å². The molecule has 0 spiro atoms. The van der Waals surface area contributed by atoms with Gasteiger partial charge >= 0.3 is 6.09 Å². The highest BCUT2D eigenvalue weighted by atomic mass is 32.2. The number of pyridine rings is 1. The van der Waals surface area contributed by atoms with Gasteiger partial charge in [-0.1, -0.05) is 26.0 Å². The Hall–Kier alpha value is -5.03. The number of ether oxygens (including phenoxy) is 2. The van der Waals surface area contributed by atoms with Gasteiger partial charge in [-0.3, -0.25) is 19.1 Å². The molecule has 2 aliphatic heterocycles. The highest BCUT2D eigenvalue weighted by Crippen LogP contribution is 2.47. The molecule has 4 amide bonds. The zero-order valence-corrected chi connectivity index (χ0v) is 35.5. The number of rotatable bonds is 10. The van der Waals surface area contributed by atoms with Crippen LogP contribution in [-0.2, 0) is 24.4 Å². The molecule has 59 heavy (non-hydrogen) atoms. The number of fused-ring (bicyclic) bond motifs is 2. The third kappa shape index (κ3) is 9.25. The van der Waals surface area contributed by atoms with Crippen molar-refractivity contribution in [2.24, 2.45) is 17.8 Å². The highest BCUT2D eigenvalue weighted by Gasteiger charge is 2.63. The van der Waals surface area contributed by atoms with Crippen LogP contribution in [0.2, 0.25) is 0 Å². The van der Waals surface area contributed by atoms with Crippen molar-refractivity contribution in [1.82, 2.24) is 30.2 Å². The number of sulfonamides is 1. The van der Waals surface area contributed by atoms with Crippen molar-refractivity contribution in [2.75, 3.05) is 6.54 Å². The molecular weight excluding hydrogens is 797 g/mol. The lowest BCUT2D eigenvalue weighted by atomic mass is 9.88. The summed E-state index contributed by atoms with van der Waals surface area (Å²) in [6.07, 6.45) is 4.59. The summed E-state index contributed by atoms with van der Waals surface area (Å²) in [6.45, 7) is 9.26. The lowest BCUT2D eigenvalue weighted by molar-refractivity contribution is -0.142. The second-order valence-electron chi connectivity index (χ2n) is 17.0. The zero-order valence-electron chi connectivity index (χ0n) is 33.8. The summed E-state index contributed by atoms with van der Waals surface area (Å²) in [5.74, 6) is -1.76. The Bertz CT molecular complexity index is 2210. The van der Waals surface area contributed by atoms with Crippen LogP contribution in [0.1, 0.15) is 79.6 Å². The van der Waals surface area contributed by atoms with Crippen LogP contribution < -0.4 is 24.8 Å². The fourth-order valence-corrected chi connectivity index (χ4v) is 9.95. The van der Waals surface area contributed by atoms with Gasteiger partial charge in [-0.2, -0.15) is 0 Å². The van der Waals surface area contributed by atoms with Crippen LogP contribution in [0.25, 0.3) is 22.6 Å². The van der Waals surface area contributed by atoms with Crippen molar-refractivity contribution in [3.05, 3.63) is 59.4 Å². The first kappa shape index (κ1) is 42.1. The molecule has 17 heteroatoms. The molecule has 3 fully saturated rings. The zero-order chi connectivity index (χ0) is 42.3. The van der Waals surface area contributed by atoms with Crippen molar-refractivity contribution in [3.63, 3.8) is 0 Å². The van der Waals surface area contributed by atoms with Gasteiger partial charge in [-0.25, -0.2) is 23.2 Å². The second-order valence-corrected chi connectivity index (χ2v) is 19.9. The summed E-state index contributed by atoms with van der Waals surface area (Å²) < 4.78 is 40.1. The maximum Gasteiger partial charge on any atom is 0.405 e. The molecule has 7 atom stereocenters. The van der Waals surface area contributed by atoms with E-state index in [2.05, 4.69) is 20.3 Å². The van der Waals surface area contributed by atoms with E-state index in [0.29, 0.717) is 54.3 Å². The first-order valence-corrected chi connectivity index (χ1v) is 22.6. The summed E-state index contributed by atoms with van der Waals surface area (Å²) in [4.78, 5) is 65.8. The maximum atomic E-state index is 14.6. The van der Waals surface area contributed by atoms with E-state index in [9.17, 15) is 32.7 Å². The number of hydrogen-bond donors (Lipinski definition) is 4. The minimum Gasteiger partial charge on any atom is -0.491 e. The Morgan fingerprint density at radius 3 is 2.44 bits per heavy atom. The fourth-order valence-electron chi connectivity index (χ4n) is 8.09. The predicted octanol–water partition coefficient (Wildman–Crippen LogP) is 5.53. The molecule has 4 N–H and O–H groups in total. The molecule has 0 radical (unpaired) electrons. The molecule has 1 aromatic carbocycles. The molecule has 0 unspecified atom stereocenters. The quantitative estimate of drug-likeness (QED) is 0.187. The summed E-state index contributed by atoms with van der Waals surface area (Å²) >= 11 is 1.42. The minimum atomic E-state index is -4.02. The molecule has 2 saturated carbocycles. The van der Waals surface area contributed by atoms with Gasteiger partial charge in [-0.05, 0) is 95.4 Å². The first-order chi connectivity index (χ1) is 28.0. The van der Waals surface area contributed by atoms with E-state index in [-0.39, 0.29) is 31.4 Å². The Balaban J connectivity index is 1.22. The van der Waals surface area contributed by atoms with Crippen LogP contribution in [0, 0.1) is 17.8 Å². The topological polar surface area (TPSA) is 206 Å². The van der Waals surface area contributed by atoms with E-state index in [0.717, 1.165) is 12.0 Å². The lowest BCUT2D eigenvalue weighted by Crippen LogP contribution is -2.59. The molecule has 2 aromatic heterocycles. The first-order valence-electron chi connectivity index (χ1n) is 20.2. The van der Waals surface area contributed by atoms with Gasteiger partial charge in [0.25, 0.3) is 5.91 Å². The van der Waals surface area contributed by atoms with E-state index in [1.807, 2.05) is 69.5 Å². The minimum absolute atomic E-state index is 0.000760. The number of nitrogens with one attached hydrogen (secondary N) is 3. The van der Waals surface area contributed by atoms with Crippen LogP contribution in [0.3, 0.4) is 0 Å². The number of carboxylic acid groups (broad SMARTS) is 1. The van der Waals surface area contributed by atoms with Crippen molar-refractivity contribution in [3.8, 4) is 34.1 Å². The average Bonchev–Trinajstić information content (AvgIpc) is 3.92. The van der Waals surface area contributed by atoms with Crippen LogP contribution >= 0.6 is 11.3 Å². The molecule has 15 nitrogen and oxygen atoms in total. The maximum absolute atomic E-state index is 14.6. The van der Waals surface area contributed by atoms with Crippen LogP contribution in [-0.4, -0.2) is 93.3 Å². The number of aromatic nitrogens is 2. The number of nitrogens with zero attached hydrogens (tertiary/aromatic N) is 3.